The van der Waals surface area contributed by atoms with E-state index in [0.29, 0.717) is 23.3 Å². The molecule has 0 aromatic carbocycles. The van der Waals surface area contributed by atoms with Gasteiger partial charge in [-0.05, 0) is 53.9 Å². The highest BCUT2D eigenvalue weighted by Crippen LogP contribution is 2.38. The van der Waals surface area contributed by atoms with Crippen LogP contribution in [0.1, 0.15) is 73.2 Å². The molecule has 8 nitrogen and oxygen atoms in total. The highest BCUT2D eigenvalue weighted by Gasteiger charge is 2.30. The lowest BCUT2D eigenvalue weighted by atomic mass is 9.71. The van der Waals surface area contributed by atoms with Crippen LogP contribution in [0.3, 0.4) is 0 Å². The van der Waals surface area contributed by atoms with E-state index >= 15 is 0 Å². The van der Waals surface area contributed by atoms with Crippen LogP contribution in [0, 0.1) is 11.3 Å². The number of hydrogen-bond acceptors (Lipinski definition) is 8. The minimum absolute atomic E-state index is 0.0267. The number of pyridine rings is 2. The lowest BCUT2D eigenvalue weighted by molar-refractivity contribution is -0.108. The molecule has 4 rings (SSSR count). The summed E-state index contributed by atoms with van der Waals surface area (Å²) in [7, 11) is -3.44. The molecule has 1 aliphatic carbocycles. The molecule has 0 bridgehead atoms. The number of aryl methyl sites for hydroxylation is 1. The van der Waals surface area contributed by atoms with Crippen molar-refractivity contribution in [1.29, 1.82) is 0 Å². The van der Waals surface area contributed by atoms with Gasteiger partial charge in [-0.1, -0.05) is 45.1 Å². The fourth-order valence-corrected chi connectivity index (χ4v) is 6.00. The first-order valence-electron chi connectivity index (χ1n) is 11.7. The number of thiazole rings is 1. The van der Waals surface area contributed by atoms with E-state index in [0.717, 1.165) is 29.8 Å². The van der Waals surface area contributed by atoms with E-state index in [-0.39, 0.29) is 27.6 Å². The van der Waals surface area contributed by atoms with E-state index in [4.69, 9.17) is 4.98 Å². The summed E-state index contributed by atoms with van der Waals surface area (Å²) in [5, 5.41) is 3.08. The van der Waals surface area contributed by atoms with Gasteiger partial charge in [-0.2, -0.15) is 0 Å². The van der Waals surface area contributed by atoms with E-state index in [1.807, 2.05) is 0 Å². The van der Waals surface area contributed by atoms with E-state index in [1.165, 1.54) is 29.2 Å². The molecule has 0 unspecified atom stereocenters. The highest BCUT2D eigenvalue weighted by atomic mass is 32.2. The Labute approximate surface area is 209 Å². The smallest absolute Gasteiger partial charge is 0.280 e. The first kappa shape index (κ1) is 25.4. The van der Waals surface area contributed by atoms with Crippen LogP contribution in [0.5, 0.6) is 0 Å². The maximum Gasteiger partial charge on any atom is 0.280 e. The largest absolute Gasteiger partial charge is 0.343 e. The Morgan fingerprint density at radius 2 is 2.06 bits per heavy atom. The van der Waals surface area contributed by atoms with E-state index in [9.17, 15) is 18.0 Å². The molecule has 3 heterocycles. The van der Waals surface area contributed by atoms with Gasteiger partial charge in [0.1, 0.15) is 16.6 Å². The summed E-state index contributed by atoms with van der Waals surface area (Å²) in [6.45, 7) is 8.34. The molecule has 1 amide bonds. The van der Waals surface area contributed by atoms with E-state index in [1.54, 1.807) is 13.0 Å². The highest BCUT2D eigenvalue weighted by molar-refractivity contribution is 7.91. The van der Waals surface area contributed by atoms with Crippen molar-refractivity contribution >= 4 is 43.7 Å². The molecule has 0 saturated heterocycles. The number of carbonyl (C=O) groups is 2. The number of aldehydes is 1. The summed E-state index contributed by atoms with van der Waals surface area (Å²) in [5.41, 5.74) is 3.76. The van der Waals surface area contributed by atoms with Gasteiger partial charge in [-0.15, -0.1) is 0 Å². The predicted octanol–water partition coefficient (Wildman–Crippen LogP) is 4.09. The molecule has 186 valence electrons. The van der Waals surface area contributed by atoms with Crippen LogP contribution in [0.25, 0.3) is 10.3 Å². The number of rotatable bonds is 7. The molecule has 3 aromatic rings. The normalized spacial score (nSPS) is 17.1. The quantitative estimate of drug-likeness (QED) is 0.472. The van der Waals surface area contributed by atoms with Gasteiger partial charge in [0.2, 0.25) is 0 Å². The lowest BCUT2D eigenvalue weighted by Gasteiger charge is -2.34. The average Bonchev–Trinajstić information content (AvgIpc) is 3.24. The Kier molecular flexibility index (Phi) is 7.06. The molecule has 35 heavy (non-hydrogen) atoms. The number of fused-ring (bicyclic) bond motifs is 2. The maximum atomic E-state index is 13.0. The number of sulfone groups is 1. The molecular weight excluding hydrogens is 484 g/mol. The first-order valence-corrected chi connectivity index (χ1v) is 14.2. The summed E-state index contributed by atoms with van der Waals surface area (Å²) in [6, 6.07) is 4.38. The standard InChI is InChI=1S/C25H30N4O4S2/c1-5-35(32,33)21-9-6-15(14-26-21)19(10-11-30)27-22(31)24-29-20-13-16-12-17(25(2,3)4)7-8-18(16)28-23(20)34-24/h6,9,11,13-14,17,19H,5,7-8,10,12H2,1-4H3,(H,27,31)/t17-,19+/m0/s1. The number of hydrogen-bond donors (Lipinski definition) is 1. The molecule has 0 radical (unpaired) electrons. The van der Waals surface area contributed by atoms with Crippen molar-refractivity contribution < 1.29 is 18.0 Å². The number of nitrogens with one attached hydrogen (secondary N) is 1. The Bertz CT molecular complexity index is 1360. The summed E-state index contributed by atoms with van der Waals surface area (Å²) in [5.74, 6) is 0.113. The van der Waals surface area contributed by atoms with Gasteiger partial charge >= 0.3 is 0 Å². The zero-order valence-corrected chi connectivity index (χ0v) is 22.0. The third-order valence-corrected chi connectivity index (χ3v) is 9.27. The zero-order chi connectivity index (χ0) is 25.4. The molecule has 1 aliphatic rings. The Balaban J connectivity index is 1.55. The van der Waals surface area contributed by atoms with Crippen molar-refractivity contribution in [3.8, 4) is 0 Å². The second kappa shape index (κ2) is 9.73. The molecular formula is C25H30N4O4S2. The third kappa shape index (κ3) is 5.43. The minimum atomic E-state index is -3.44. The summed E-state index contributed by atoms with van der Waals surface area (Å²) in [4.78, 5) is 38.4. The van der Waals surface area contributed by atoms with Crippen LogP contribution in [0.15, 0.2) is 29.4 Å². The van der Waals surface area contributed by atoms with Gasteiger partial charge in [0.15, 0.2) is 19.9 Å². The van der Waals surface area contributed by atoms with Crippen molar-refractivity contribution in [2.45, 2.75) is 64.4 Å². The number of nitrogens with zero attached hydrogens (tertiary/aromatic N) is 3. The summed E-state index contributed by atoms with van der Waals surface area (Å²) >= 11 is 1.23. The van der Waals surface area contributed by atoms with E-state index < -0.39 is 21.8 Å². The number of amides is 1. The second-order valence-electron chi connectivity index (χ2n) is 10.0. The van der Waals surface area contributed by atoms with Crippen molar-refractivity contribution in [1.82, 2.24) is 20.3 Å². The Hall–Kier alpha value is -2.72. The Morgan fingerprint density at radius 3 is 2.69 bits per heavy atom. The summed E-state index contributed by atoms with van der Waals surface area (Å²) < 4.78 is 24.0. The van der Waals surface area contributed by atoms with Crippen LogP contribution in [-0.4, -0.2) is 41.3 Å². The van der Waals surface area contributed by atoms with Crippen molar-refractivity contribution in [2.24, 2.45) is 11.3 Å². The van der Waals surface area contributed by atoms with Gasteiger partial charge < -0.3 is 10.1 Å². The van der Waals surface area contributed by atoms with Gasteiger partial charge in [-0.3, -0.25) is 4.79 Å². The minimum Gasteiger partial charge on any atom is -0.343 e. The molecule has 1 N–H and O–H groups in total. The fraction of sp³-hybridized carbons (Fsp3) is 0.480. The van der Waals surface area contributed by atoms with Gasteiger partial charge in [0.25, 0.3) is 5.91 Å². The molecule has 3 aromatic heterocycles. The van der Waals surface area contributed by atoms with Crippen molar-refractivity contribution in [2.75, 3.05) is 5.75 Å². The molecule has 2 atom stereocenters. The summed E-state index contributed by atoms with van der Waals surface area (Å²) in [6.07, 6.45) is 5.10. The topological polar surface area (TPSA) is 119 Å². The van der Waals surface area contributed by atoms with Gasteiger partial charge in [0.05, 0.1) is 11.8 Å². The van der Waals surface area contributed by atoms with Crippen LogP contribution < -0.4 is 5.32 Å². The lowest BCUT2D eigenvalue weighted by Crippen LogP contribution is -2.29. The molecule has 0 aliphatic heterocycles. The average molecular weight is 515 g/mol. The van der Waals surface area contributed by atoms with Crippen LogP contribution in [0.4, 0.5) is 0 Å². The van der Waals surface area contributed by atoms with Crippen molar-refractivity contribution in [3.05, 3.63) is 46.2 Å². The molecule has 0 saturated carbocycles. The Morgan fingerprint density at radius 1 is 1.29 bits per heavy atom. The monoisotopic (exact) mass is 514 g/mol. The third-order valence-electron chi connectivity index (χ3n) is 6.67. The zero-order valence-electron chi connectivity index (χ0n) is 20.4. The molecule has 10 heteroatoms. The SMILES string of the molecule is CCS(=O)(=O)c1ccc([C@@H](CC=O)NC(=O)c2nc3cc4c(nc3s2)CC[C@H](C(C)(C)C)C4)cn1. The van der Waals surface area contributed by atoms with E-state index in [2.05, 4.69) is 42.1 Å². The fourth-order valence-electron chi connectivity index (χ4n) is 4.37. The number of aromatic nitrogens is 3. The maximum absolute atomic E-state index is 13.0. The van der Waals surface area contributed by atoms with Gasteiger partial charge in [0, 0.05) is 18.3 Å². The molecule has 0 fully saturated rings. The van der Waals surface area contributed by atoms with Crippen molar-refractivity contribution in [3.63, 3.8) is 0 Å². The van der Waals surface area contributed by atoms with Crippen LogP contribution in [0.2, 0.25) is 0 Å². The first-order chi connectivity index (χ1) is 16.5. The number of carbonyl (C=O) groups excluding carboxylic acids is 2. The van der Waals surface area contributed by atoms with Crippen LogP contribution >= 0.6 is 11.3 Å². The van der Waals surface area contributed by atoms with Gasteiger partial charge in [-0.25, -0.2) is 23.4 Å². The molecule has 0 spiro atoms. The van der Waals surface area contributed by atoms with Crippen LogP contribution in [-0.2, 0) is 27.5 Å². The second-order valence-corrected chi connectivity index (χ2v) is 13.2. The predicted molar refractivity (Wildman–Crippen MR) is 135 cm³/mol.